The maximum Gasteiger partial charge on any atom is 0.253 e. The monoisotopic (exact) mass is 376 g/mol. The molecule has 3 atom stereocenters. The number of hydrogen-bond donors (Lipinski definition) is 1. The van der Waals surface area contributed by atoms with Gasteiger partial charge in [-0.25, -0.2) is 4.39 Å². The highest BCUT2D eigenvalue weighted by Gasteiger charge is 2.40. The van der Waals surface area contributed by atoms with E-state index in [1.807, 2.05) is 4.90 Å². The van der Waals surface area contributed by atoms with Crippen molar-refractivity contribution in [2.45, 2.75) is 25.3 Å². The van der Waals surface area contributed by atoms with Gasteiger partial charge in [0.2, 0.25) is 0 Å². The Balaban J connectivity index is 0.00000161. The molecular formula is C15H19BrClFN2O. The van der Waals surface area contributed by atoms with Crippen molar-refractivity contribution in [3.8, 4) is 0 Å². The summed E-state index contributed by atoms with van der Waals surface area (Å²) in [6.07, 6.45) is 3.35. The molecule has 1 amide bonds. The third-order valence-electron chi connectivity index (χ3n) is 4.61. The molecule has 3 nitrogen and oxygen atoms in total. The lowest BCUT2D eigenvalue weighted by Gasteiger charge is -2.29. The summed E-state index contributed by atoms with van der Waals surface area (Å²) in [5, 5.41) is 0. The molecule has 2 fully saturated rings. The first-order chi connectivity index (χ1) is 9.56. The molecule has 6 heteroatoms. The molecule has 116 valence electrons. The van der Waals surface area contributed by atoms with E-state index in [1.54, 1.807) is 12.1 Å². The fourth-order valence-electron chi connectivity index (χ4n) is 3.49. The maximum atomic E-state index is 13.5. The van der Waals surface area contributed by atoms with E-state index in [-0.39, 0.29) is 24.4 Å². The van der Waals surface area contributed by atoms with Crippen LogP contribution in [0.25, 0.3) is 0 Å². The van der Waals surface area contributed by atoms with Gasteiger partial charge in [0.15, 0.2) is 0 Å². The van der Waals surface area contributed by atoms with E-state index in [4.69, 9.17) is 5.73 Å². The zero-order valence-electron chi connectivity index (χ0n) is 11.6. The molecular weight excluding hydrogens is 359 g/mol. The van der Waals surface area contributed by atoms with Crippen LogP contribution in [0, 0.1) is 17.7 Å². The highest BCUT2D eigenvalue weighted by Crippen LogP contribution is 2.36. The third kappa shape index (κ3) is 3.25. The van der Waals surface area contributed by atoms with Gasteiger partial charge in [0.1, 0.15) is 5.82 Å². The molecule has 1 aliphatic heterocycles. The number of nitrogens with zero attached hydrogens (tertiary/aromatic N) is 1. The average molecular weight is 378 g/mol. The first-order valence-corrected chi connectivity index (χ1v) is 7.85. The van der Waals surface area contributed by atoms with Crippen LogP contribution in [-0.4, -0.2) is 29.9 Å². The van der Waals surface area contributed by atoms with Gasteiger partial charge in [0.05, 0.1) is 4.47 Å². The average Bonchev–Trinajstić information content (AvgIpc) is 2.86. The number of carbonyl (C=O) groups is 1. The topological polar surface area (TPSA) is 46.3 Å². The van der Waals surface area contributed by atoms with Crippen LogP contribution in [-0.2, 0) is 0 Å². The first kappa shape index (κ1) is 16.7. The minimum absolute atomic E-state index is 0. The summed E-state index contributed by atoms with van der Waals surface area (Å²) in [4.78, 5) is 14.3. The fraction of sp³-hybridized carbons (Fsp3) is 0.533. The number of benzene rings is 1. The lowest BCUT2D eigenvalue weighted by Crippen LogP contribution is -2.38. The van der Waals surface area contributed by atoms with Crippen molar-refractivity contribution in [3.63, 3.8) is 0 Å². The summed E-state index contributed by atoms with van der Waals surface area (Å²) in [6.45, 7) is 1.47. The molecule has 2 N–H and O–H groups in total. The van der Waals surface area contributed by atoms with Gasteiger partial charge in [0, 0.05) is 24.7 Å². The Morgan fingerprint density at radius 3 is 2.76 bits per heavy atom. The van der Waals surface area contributed by atoms with E-state index in [9.17, 15) is 9.18 Å². The van der Waals surface area contributed by atoms with Crippen molar-refractivity contribution in [1.82, 2.24) is 4.90 Å². The molecule has 1 aliphatic carbocycles. The summed E-state index contributed by atoms with van der Waals surface area (Å²) >= 11 is 3.10. The molecule has 1 aromatic rings. The number of hydrogen-bond acceptors (Lipinski definition) is 2. The van der Waals surface area contributed by atoms with E-state index in [0.717, 1.165) is 25.8 Å². The third-order valence-corrected chi connectivity index (χ3v) is 5.25. The Morgan fingerprint density at radius 1 is 1.33 bits per heavy atom. The van der Waals surface area contributed by atoms with Gasteiger partial charge in [0.25, 0.3) is 5.91 Å². The Bertz CT molecular complexity index is 542. The van der Waals surface area contributed by atoms with Crippen LogP contribution in [0.1, 0.15) is 29.6 Å². The van der Waals surface area contributed by atoms with E-state index in [1.165, 1.54) is 6.07 Å². The van der Waals surface area contributed by atoms with Gasteiger partial charge in [-0.2, -0.15) is 0 Å². The van der Waals surface area contributed by atoms with Gasteiger partial charge in [-0.1, -0.05) is 6.42 Å². The Labute approximate surface area is 138 Å². The van der Waals surface area contributed by atoms with Crippen molar-refractivity contribution in [3.05, 3.63) is 34.1 Å². The Morgan fingerprint density at radius 2 is 2.10 bits per heavy atom. The summed E-state index contributed by atoms with van der Waals surface area (Å²) in [5.74, 6) is 0.443. The van der Waals surface area contributed by atoms with E-state index in [0.29, 0.717) is 28.4 Å². The van der Waals surface area contributed by atoms with Gasteiger partial charge in [-0.05, 0) is 58.8 Å². The second-order valence-electron chi connectivity index (χ2n) is 5.86. The van der Waals surface area contributed by atoms with E-state index < -0.39 is 5.82 Å². The number of likely N-dealkylation sites (tertiary alicyclic amines) is 1. The van der Waals surface area contributed by atoms with Gasteiger partial charge < -0.3 is 10.6 Å². The lowest BCUT2D eigenvalue weighted by molar-refractivity contribution is 0.0783. The quantitative estimate of drug-likeness (QED) is 0.817. The Kier molecular flexibility index (Phi) is 5.28. The number of rotatable bonds is 1. The molecule has 1 saturated heterocycles. The predicted molar refractivity (Wildman–Crippen MR) is 86.1 cm³/mol. The number of amides is 1. The van der Waals surface area contributed by atoms with Crippen molar-refractivity contribution in [1.29, 1.82) is 0 Å². The second-order valence-corrected chi connectivity index (χ2v) is 6.71. The maximum absolute atomic E-state index is 13.5. The second kappa shape index (κ2) is 6.63. The predicted octanol–water partition coefficient (Wildman–Crippen LogP) is 3.21. The Hall–Kier alpha value is -0.650. The smallest absolute Gasteiger partial charge is 0.253 e. The molecule has 1 heterocycles. The van der Waals surface area contributed by atoms with Crippen LogP contribution >= 0.6 is 28.3 Å². The van der Waals surface area contributed by atoms with Crippen molar-refractivity contribution < 1.29 is 9.18 Å². The van der Waals surface area contributed by atoms with E-state index in [2.05, 4.69) is 15.9 Å². The molecule has 1 aromatic carbocycles. The molecule has 0 bridgehead atoms. The molecule has 21 heavy (non-hydrogen) atoms. The van der Waals surface area contributed by atoms with Gasteiger partial charge in [-0.3, -0.25) is 4.79 Å². The molecule has 3 rings (SSSR count). The minimum Gasteiger partial charge on any atom is -0.338 e. The summed E-state index contributed by atoms with van der Waals surface area (Å²) in [7, 11) is 0. The fourth-order valence-corrected chi connectivity index (χ4v) is 3.74. The number of halogens is 3. The first-order valence-electron chi connectivity index (χ1n) is 7.06. The van der Waals surface area contributed by atoms with Crippen LogP contribution < -0.4 is 5.73 Å². The van der Waals surface area contributed by atoms with Crippen LogP contribution in [0.2, 0.25) is 0 Å². The molecule has 1 saturated carbocycles. The number of nitrogens with two attached hydrogens (primary N) is 1. The molecule has 0 spiro atoms. The SMILES string of the molecule is Cl.NC1CCCC2CN(C(=O)c3ccc(Br)c(F)c3)CC12. The normalized spacial score (nSPS) is 28.0. The zero-order valence-corrected chi connectivity index (χ0v) is 14.0. The van der Waals surface area contributed by atoms with Crippen LogP contribution in [0.15, 0.2) is 22.7 Å². The summed E-state index contributed by atoms with van der Waals surface area (Å²) < 4.78 is 13.9. The molecule has 2 aliphatic rings. The largest absolute Gasteiger partial charge is 0.338 e. The number of fused-ring (bicyclic) bond motifs is 1. The van der Waals surface area contributed by atoms with Crippen LogP contribution in [0.3, 0.4) is 0 Å². The number of carbonyl (C=O) groups excluding carboxylic acids is 1. The van der Waals surface area contributed by atoms with Gasteiger partial charge in [-0.15, -0.1) is 12.4 Å². The van der Waals surface area contributed by atoms with Crippen molar-refractivity contribution >= 4 is 34.2 Å². The zero-order chi connectivity index (χ0) is 14.3. The summed E-state index contributed by atoms with van der Waals surface area (Å²) in [6, 6.07) is 4.75. The van der Waals surface area contributed by atoms with Crippen LogP contribution in [0.4, 0.5) is 4.39 Å². The van der Waals surface area contributed by atoms with E-state index >= 15 is 0 Å². The summed E-state index contributed by atoms with van der Waals surface area (Å²) in [5.41, 5.74) is 6.58. The molecule has 0 radical (unpaired) electrons. The van der Waals surface area contributed by atoms with Crippen LogP contribution in [0.5, 0.6) is 0 Å². The lowest BCUT2D eigenvalue weighted by atomic mass is 9.78. The molecule has 0 aromatic heterocycles. The van der Waals surface area contributed by atoms with Gasteiger partial charge >= 0.3 is 0 Å². The van der Waals surface area contributed by atoms with Crippen molar-refractivity contribution in [2.24, 2.45) is 17.6 Å². The minimum atomic E-state index is -0.399. The highest BCUT2D eigenvalue weighted by molar-refractivity contribution is 9.10. The highest BCUT2D eigenvalue weighted by atomic mass is 79.9. The van der Waals surface area contributed by atoms with Crippen molar-refractivity contribution in [2.75, 3.05) is 13.1 Å². The standard InChI is InChI=1S/C15H18BrFN2O.ClH/c16-12-5-4-9(6-13(12)17)15(20)19-7-10-2-1-3-14(18)11(10)8-19;/h4-6,10-11,14H,1-3,7-8,18H2;1H. The molecule has 3 unspecified atom stereocenters.